The van der Waals surface area contributed by atoms with E-state index in [-0.39, 0.29) is 6.61 Å². The molecule has 0 spiro atoms. The third kappa shape index (κ3) is 3.24. The van der Waals surface area contributed by atoms with E-state index < -0.39 is 12.1 Å². The van der Waals surface area contributed by atoms with E-state index in [1.165, 1.54) is 0 Å². The van der Waals surface area contributed by atoms with Gasteiger partial charge in [-0.25, -0.2) is 0 Å². The predicted molar refractivity (Wildman–Crippen MR) is 35.9 cm³/mol. The second-order valence-electron chi connectivity index (χ2n) is 1.86. The Morgan fingerprint density at radius 1 is 1.67 bits per heavy atom. The van der Waals surface area contributed by atoms with Gasteiger partial charge in [0, 0.05) is 0 Å². The van der Waals surface area contributed by atoms with Crippen LogP contribution in [-0.2, 0) is 0 Å². The van der Waals surface area contributed by atoms with Crippen molar-refractivity contribution in [2.75, 3.05) is 6.61 Å². The Morgan fingerprint density at radius 2 is 2.22 bits per heavy atom. The van der Waals surface area contributed by atoms with E-state index in [0.29, 0.717) is 0 Å². The molecule has 0 aliphatic carbocycles. The van der Waals surface area contributed by atoms with Crippen LogP contribution in [0.5, 0.6) is 0 Å². The van der Waals surface area contributed by atoms with Crippen LogP contribution in [-0.4, -0.2) is 29.0 Å². The van der Waals surface area contributed by atoms with Crippen molar-refractivity contribution in [1.29, 1.82) is 0 Å². The Bertz CT molecular complexity index is 93.1. The molecule has 3 heteroatoms. The molecule has 0 aromatic heterocycles. The molecule has 0 aliphatic heterocycles. The number of nitrogens with two attached hydrogens (primary N) is 1. The van der Waals surface area contributed by atoms with Crippen molar-refractivity contribution in [3.63, 3.8) is 0 Å². The number of aliphatic hydroxyl groups excluding tert-OH is 2. The molecular weight excluding hydrogens is 118 g/mol. The summed E-state index contributed by atoms with van der Waals surface area (Å²) in [4.78, 5) is 0. The molecule has 3 nitrogen and oxygen atoms in total. The maximum Gasteiger partial charge on any atom is 0.0894 e. The van der Waals surface area contributed by atoms with Crippen molar-refractivity contribution in [2.45, 2.75) is 19.1 Å². The summed E-state index contributed by atoms with van der Waals surface area (Å²) in [5.74, 6) is 0. The van der Waals surface area contributed by atoms with Crippen LogP contribution in [0.1, 0.15) is 6.92 Å². The molecule has 0 amide bonds. The first-order valence-corrected chi connectivity index (χ1v) is 2.89. The van der Waals surface area contributed by atoms with Gasteiger partial charge in [-0.05, 0) is 6.92 Å². The summed E-state index contributed by atoms with van der Waals surface area (Å²) < 4.78 is 0. The van der Waals surface area contributed by atoms with E-state index >= 15 is 0 Å². The third-order valence-electron chi connectivity index (χ3n) is 1.04. The minimum Gasteiger partial charge on any atom is -0.395 e. The Labute approximate surface area is 54.8 Å². The zero-order valence-corrected chi connectivity index (χ0v) is 5.49. The van der Waals surface area contributed by atoms with E-state index in [1.54, 1.807) is 19.1 Å². The van der Waals surface area contributed by atoms with Crippen molar-refractivity contribution >= 4 is 0 Å². The largest absolute Gasteiger partial charge is 0.395 e. The zero-order valence-electron chi connectivity index (χ0n) is 5.49. The lowest BCUT2D eigenvalue weighted by atomic mass is 10.2. The average Bonchev–Trinajstić information content (AvgIpc) is 1.87. The van der Waals surface area contributed by atoms with Crippen LogP contribution in [0.2, 0.25) is 0 Å². The van der Waals surface area contributed by atoms with Gasteiger partial charge in [0.15, 0.2) is 0 Å². The molecule has 0 saturated heterocycles. The van der Waals surface area contributed by atoms with Gasteiger partial charge in [-0.3, -0.25) is 0 Å². The van der Waals surface area contributed by atoms with Gasteiger partial charge in [-0.1, -0.05) is 12.2 Å². The second kappa shape index (κ2) is 4.49. The lowest BCUT2D eigenvalue weighted by Crippen LogP contribution is -2.36. The maximum absolute atomic E-state index is 8.95. The molecule has 0 aromatic rings. The van der Waals surface area contributed by atoms with E-state index in [0.717, 1.165) is 0 Å². The topological polar surface area (TPSA) is 66.5 Å². The highest BCUT2D eigenvalue weighted by Gasteiger charge is 2.07. The van der Waals surface area contributed by atoms with Crippen molar-refractivity contribution in [2.24, 2.45) is 5.73 Å². The molecule has 0 radical (unpaired) electrons. The SMILES string of the molecule is C/C=C/C(O)C(N)CO. The lowest BCUT2D eigenvalue weighted by molar-refractivity contribution is 0.144. The van der Waals surface area contributed by atoms with Crippen LogP contribution in [0.25, 0.3) is 0 Å². The number of allylic oxidation sites excluding steroid dienone is 1. The van der Waals surface area contributed by atoms with Gasteiger partial charge in [0.05, 0.1) is 18.8 Å². The van der Waals surface area contributed by atoms with Crippen molar-refractivity contribution in [1.82, 2.24) is 0 Å². The third-order valence-corrected chi connectivity index (χ3v) is 1.04. The number of hydrogen-bond donors (Lipinski definition) is 3. The molecular formula is C6H13NO2. The first kappa shape index (κ1) is 8.62. The fourth-order valence-corrected chi connectivity index (χ4v) is 0.448. The molecule has 0 saturated carbocycles. The summed E-state index contributed by atoms with van der Waals surface area (Å²) in [6, 6.07) is -0.554. The van der Waals surface area contributed by atoms with Crippen molar-refractivity contribution < 1.29 is 10.2 Å². The highest BCUT2D eigenvalue weighted by Crippen LogP contribution is 1.90. The summed E-state index contributed by atoms with van der Waals surface area (Å²) >= 11 is 0. The smallest absolute Gasteiger partial charge is 0.0894 e. The van der Waals surface area contributed by atoms with Crippen LogP contribution in [0.3, 0.4) is 0 Å². The van der Waals surface area contributed by atoms with E-state index in [1.807, 2.05) is 0 Å². The van der Waals surface area contributed by atoms with Crippen molar-refractivity contribution in [3.8, 4) is 0 Å². The number of hydrogen-bond acceptors (Lipinski definition) is 3. The average molecular weight is 131 g/mol. The van der Waals surface area contributed by atoms with E-state index in [2.05, 4.69) is 0 Å². The Hall–Kier alpha value is -0.380. The predicted octanol–water partition coefficient (Wildman–Crippen LogP) is -0.757. The summed E-state index contributed by atoms with van der Waals surface area (Å²) in [6.45, 7) is 1.60. The van der Waals surface area contributed by atoms with Crippen LogP contribution in [0.15, 0.2) is 12.2 Å². The first-order valence-electron chi connectivity index (χ1n) is 2.89. The molecule has 0 fully saturated rings. The van der Waals surface area contributed by atoms with Gasteiger partial charge in [-0.15, -0.1) is 0 Å². The lowest BCUT2D eigenvalue weighted by Gasteiger charge is -2.10. The molecule has 0 bridgehead atoms. The van der Waals surface area contributed by atoms with Crippen LogP contribution in [0, 0.1) is 0 Å². The first-order chi connectivity index (χ1) is 4.22. The van der Waals surface area contributed by atoms with Crippen LogP contribution in [0.4, 0.5) is 0 Å². The summed E-state index contributed by atoms with van der Waals surface area (Å²) in [7, 11) is 0. The van der Waals surface area contributed by atoms with Gasteiger partial charge < -0.3 is 15.9 Å². The molecule has 0 aliphatic rings. The highest BCUT2D eigenvalue weighted by molar-refractivity contribution is 4.91. The van der Waals surface area contributed by atoms with Gasteiger partial charge in [-0.2, -0.15) is 0 Å². The highest BCUT2D eigenvalue weighted by atomic mass is 16.3. The van der Waals surface area contributed by atoms with Gasteiger partial charge in [0.2, 0.25) is 0 Å². The molecule has 2 atom stereocenters. The molecule has 0 aromatic carbocycles. The summed E-state index contributed by atoms with van der Waals surface area (Å²) in [5.41, 5.74) is 5.25. The molecule has 0 rings (SSSR count). The molecule has 0 heterocycles. The number of rotatable bonds is 3. The quantitative estimate of drug-likeness (QED) is 0.441. The fourth-order valence-electron chi connectivity index (χ4n) is 0.448. The molecule has 9 heavy (non-hydrogen) atoms. The zero-order chi connectivity index (χ0) is 7.28. The minimum absolute atomic E-state index is 0.189. The van der Waals surface area contributed by atoms with Gasteiger partial charge in [0.25, 0.3) is 0 Å². The van der Waals surface area contributed by atoms with Crippen LogP contribution < -0.4 is 5.73 Å². The molecule has 2 unspecified atom stereocenters. The normalized spacial score (nSPS) is 18.2. The molecule has 4 N–H and O–H groups in total. The second-order valence-corrected chi connectivity index (χ2v) is 1.86. The number of aliphatic hydroxyl groups is 2. The fraction of sp³-hybridized carbons (Fsp3) is 0.667. The molecule has 54 valence electrons. The monoisotopic (exact) mass is 131 g/mol. The van der Waals surface area contributed by atoms with Crippen LogP contribution >= 0.6 is 0 Å². The van der Waals surface area contributed by atoms with E-state index in [4.69, 9.17) is 15.9 Å². The van der Waals surface area contributed by atoms with Gasteiger partial charge in [0.1, 0.15) is 0 Å². The summed E-state index contributed by atoms with van der Waals surface area (Å²) in [5, 5.41) is 17.4. The van der Waals surface area contributed by atoms with Crippen molar-refractivity contribution in [3.05, 3.63) is 12.2 Å². The minimum atomic E-state index is -0.722. The Balaban J connectivity index is 3.58. The summed E-state index contributed by atoms with van der Waals surface area (Å²) in [6.07, 6.45) is 2.51. The Morgan fingerprint density at radius 3 is 2.56 bits per heavy atom. The maximum atomic E-state index is 8.95. The van der Waals surface area contributed by atoms with E-state index in [9.17, 15) is 0 Å². The Kier molecular flexibility index (Phi) is 4.30. The van der Waals surface area contributed by atoms with Gasteiger partial charge >= 0.3 is 0 Å². The standard InChI is InChI=1S/C6H13NO2/c1-2-3-6(9)5(7)4-8/h2-3,5-6,8-9H,4,7H2,1H3/b3-2+.